The van der Waals surface area contributed by atoms with Crippen molar-refractivity contribution in [3.8, 4) is 0 Å². The van der Waals surface area contributed by atoms with E-state index in [4.69, 9.17) is 15.0 Å². The zero-order chi connectivity index (χ0) is 22.8. The molecule has 0 spiro atoms. The second-order valence-corrected chi connectivity index (χ2v) is 8.58. The number of aliphatic imine (C=N–C) groups is 1. The maximum Gasteiger partial charge on any atom is 0.496 e. The number of aromatic nitrogens is 2. The maximum atomic E-state index is 13.1. The van der Waals surface area contributed by atoms with E-state index in [-0.39, 0.29) is 6.04 Å². The Labute approximate surface area is 183 Å². The molecule has 0 unspecified atom stereocenters. The Kier molecular flexibility index (Phi) is 6.47. The van der Waals surface area contributed by atoms with Crippen molar-refractivity contribution in [3.63, 3.8) is 0 Å². The summed E-state index contributed by atoms with van der Waals surface area (Å²) in [5.74, 6) is 0.597. The summed E-state index contributed by atoms with van der Waals surface area (Å²) in [7, 11) is 1.53. The zero-order valence-corrected chi connectivity index (χ0v) is 18.8. The van der Waals surface area contributed by atoms with Gasteiger partial charge in [-0.1, -0.05) is 12.1 Å². The number of nitrogens with zero attached hydrogens (tertiary/aromatic N) is 4. The molecule has 3 rings (SSSR count). The Hall–Kier alpha value is -2.78. The second kappa shape index (κ2) is 8.76. The second-order valence-electron chi connectivity index (χ2n) is 8.58. The molecule has 9 heteroatoms. The third-order valence-corrected chi connectivity index (χ3v) is 5.97. The first-order valence-electron chi connectivity index (χ1n) is 10.2. The number of hydrogen-bond acceptors (Lipinski definition) is 7. The summed E-state index contributed by atoms with van der Waals surface area (Å²) in [4.78, 5) is 14.9. The van der Waals surface area contributed by atoms with Crippen molar-refractivity contribution in [2.75, 3.05) is 11.9 Å². The van der Waals surface area contributed by atoms with Crippen LogP contribution in [0.1, 0.15) is 46.2 Å². The van der Waals surface area contributed by atoms with E-state index in [0.29, 0.717) is 5.82 Å². The molecule has 0 amide bonds. The van der Waals surface area contributed by atoms with E-state index in [9.17, 15) is 4.39 Å². The maximum absolute atomic E-state index is 13.1. The van der Waals surface area contributed by atoms with Gasteiger partial charge in [-0.15, -0.1) is 0 Å². The number of hydrogen-bond donors (Lipinski definition) is 1. The Morgan fingerprint density at radius 2 is 1.81 bits per heavy atom. The molecule has 0 aromatic carbocycles. The minimum atomic E-state index is -0.617. The third-order valence-electron chi connectivity index (χ3n) is 5.97. The van der Waals surface area contributed by atoms with E-state index in [0.717, 1.165) is 29.3 Å². The highest BCUT2D eigenvalue weighted by Gasteiger charge is 2.51. The van der Waals surface area contributed by atoms with E-state index in [1.54, 1.807) is 18.5 Å². The Morgan fingerprint density at radius 3 is 2.32 bits per heavy atom. The van der Waals surface area contributed by atoms with Crippen LogP contribution in [0.3, 0.4) is 0 Å². The van der Waals surface area contributed by atoms with Crippen LogP contribution in [-0.2, 0) is 9.31 Å². The van der Waals surface area contributed by atoms with Gasteiger partial charge in [0.1, 0.15) is 5.82 Å². The number of allylic oxidation sites excluding steroid dienone is 1. The van der Waals surface area contributed by atoms with Crippen LogP contribution in [0.4, 0.5) is 16.0 Å². The van der Waals surface area contributed by atoms with Gasteiger partial charge in [0, 0.05) is 31.1 Å². The van der Waals surface area contributed by atoms with Crippen molar-refractivity contribution in [2.24, 2.45) is 10.7 Å². The predicted molar refractivity (Wildman–Crippen MR) is 123 cm³/mol. The molecule has 1 fully saturated rings. The van der Waals surface area contributed by atoms with E-state index in [1.165, 1.54) is 0 Å². The molecule has 0 aliphatic carbocycles. The van der Waals surface area contributed by atoms with Gasteiger partial charge < -0.3 is 19.9 Å². The van der Waals surface area contributed by atoms with Gasteiger partial charge in [0.15, 0.2) is 11.6 Å². The summed E-state index contributed by atoms with van der Waals surface area (Å²) in [5.41, 5.74) is 6.16. The van der Waals surface area contributed by atoms with Gasteiger partial charge >= 0.3 is 7.12 Å². The number of halogens is 1. The molecule has 2 aromatic rings. The summed E-state index contributed by atoms with van der Waals surface area (Å²) in [6.07, 6.45) is 5.38. The van der Waals surface area contributed by atoms with Crippen molar-refractivity contribution in [2.45, 2.75) is 51.9 Å². The van der Waals surface area contributed by atoms with Gasteiger partial charge in [0.25, 0.3) is 0 Å². The van der Waals surface area contributed by atoms with E-state index in [1.807, 2.05) is 57.8 Å². The first kappa shape index (κ1) is 22.9. The molecule has 1 aliphatic heterocycles. The Morgan fingerprint density at radius 1 is 1.13 bits per heavy atom. The summed E-state index contributed by atoms with van der Waals surface area (Å²) in [6.45, 7) is 10.2. The predicted octanol–water partition coefficient (Wildman–Crippen LogP) is 3.45. The minimum Gasteiger partial charge on any atom is -0.402 e. The largest absolute Gasteiger partial charge is 0.496 e. The van der Waals surface area contributed by atoms with Gasteiger partial charge in [0.05, 0.1) is 23.5 Å². The fourth-order valence-electron chi connectivity index (χ4n) is 3.04. The summed E-state index contributed by atoms with van der Waals surface area (Å²) in [6, 6.07) is 7.58. The van der Waals surface area contributed by atoms with Crippen LogP contribution in [-0.4, -0.2) is 41.6 Å². The van der Waals surface area contributed by atoms with Crippen molar-refractivity contribution in [1.29, 1.82) is 0 Å². The van der Waals surface area contributed by atoms with Crippen molar-refractivity contribution in [1.82, 2.24) is 9.97 Å². The molecule has 164 valence electrons. The van der Waals surface area contributed by atoms with Gasteiger partial charge in [-0.05, 0) is 52.3 Å². The minimum absolute atomic E-state index is 0.0152. The van der Waals surface area contributed by atoms with Gasteiger partial charge in [-0.2, -0.15) is 0 Å². The smallest absolute Gasteiger partial charge is 0.402 e. The molecule has 1 aliphatic rings. The third kappa shape index (κ3) is 4.94. The molecule has 2 aromatic heterocycles. The topological polar surface area (TPSA) is 85.9 Å². The highest BCUT2D eigenvalue weighted by Crippen LogP contribution is 2.36. The zero-order valence-electron chi connectivity index (χ0n) is 18.8. The summed E-state index contributed by atoms with van der Waals surface area (Å²) < 4.78 is 25.2. The molecule has 3 heterocycles. The molecule has 31 heavy (non-hydrogen) atoms. The van der Waals surface area contributed by atoms with Crippen LogP contribution < -0.4 is 16.1 Å². The van der Waals surface area contributed by atoms with Crippen LogP contribution >= 0.6 is 0 Å². The summed E-state index contributed by atoms with van der Waals surface area (Å²) >= 11 is 0. The SMILES string of the molecule is C[C@@H](c1ccc(N=CC(F)=CN)nc1)N(C)c1ccc(B2OC(C)(C)C(C)(C)O2)cn1. The molecule has 0 radical (unpaired) electrons. The standard InChI is InChI=1S/C22H29BFN5O2/c1-15(16-7-9-19(26-12-16)27-14-18(24)11-25)29(6)20-10-8-17(13-28-20)23-30-21(2,3)22(4,5)31-23/h7-15H,25H2,1-6H3/t15-/m0/s1. The fourth-order valence-corrected chi connectivity index (χ4v) is 3.04. The van der Waals surface area contributed by atoms with Gasteiger partial charge in [-0.3, -0.25) is 0 Å². The van der Waals surface area contributed by atoms with Gasteiger partial charge in [-0.25, -0.2) is 19.4 Å². The van der Waals surface area contributed by atoms with Crippen LogP contribution in [0, 0.1) is 0 Å². The average Bonchev–Trinajstić information content (AvgIpc) is 2.98. The lowest BCUT2D eigenvalue weighted by atomic mass is 9.80. The molecule has 0 bridgehead atoms. The summed E-state index contributed by atoms with van der Waals surface area (Å²) in [5, 5.41) is 0. The molecule has 0 saturated carbocycles. The number of pyridine rings is 2. The van der Waals surface area contributed by atoms with E-state index in [2.05, 4.69) is 21.9 Å². The Bertz CT molecular complexity index is 945. The van der Waals surface area contributed by atoms with E-state index < -0.39 is 24.1 Å². The highest BCUT2D eigenvalue weighted by molar-refractivity contribution is 6.62. The molecule has 1 saturated heterocycles. The van der Waals surface area contributed by atoms with Crippen LogP contribution in [0.25, 0.3) is 0 Å². The Balaban J connectivity index is 1.69. The van der Waals surface area contributed by atoms with Crippen LogP contribution in [0.2, 0.25) is 0 Å². The number of anilines is 1. The quantitative estimate of drug-likeness (QED) is 0.564. The van der Waals surface area contributed by atoms with E-state index >= 15 is 0 Å². The molecule has 2 N–H and O–H groups in total. The molecular formula is C22H29BFN5O2. The van der Waals surface area contributed by atoms with Crippen molar-refractivity contribution >= 4 is 30.4 Å². The fraction of sp³-hybridized carbons (Fsp3) is 0.409. The average molecular weight is 425 g/mol. The lowest BCUT2D eigenvalue weighted by Gasteiger charge is -2.32. The lowest BCUT2D eigenvalue weighted by molar-refractivity contribution is 0.00578. The number of nitrogens with two attached hydrogens (primary N) is 1. The highest BCUT2D eigenvalue weighted by atomic mass is 19.1. The molecule has 7 nitrogen and oxygen atoms in total. The monoisotopic (exact) mass is 425 g/mol. The van der Waals surface area contributed by atoms with Crippen molar-refractivity contribution < 1.29 is 13.7 Å². The van der Waals surface area contributed by atoms with Crippen LogP contribution in [0.15, 0.2) is 53.7 Å². The van der Waals surface area contributed by atoms with Crippen molar-refractivity contribution in [3.05, 3.63) is 54.2 Å². The normalized spacial score (nSPS) is 19.1. The molecule has 1 atom stereocenters. The first-order chi connectivity index (χ1) is 14.5. The molecular weight excluding hydrogens is 396 g/mol. The lowest BCUT2D eigenvalue weighted by Crippen LogP contribution is -2.41. The first-order valence-corrected chi connectivity index (χ1v) is 10.2. The number of rotatable bonds is 6. The van der Waals surface area contributed by atoms with Crippen LogP contribution in [0.5, 0.6) is 0 Å². The van der Waals surface area contributed by atoms with Gasteiger partial charge in [0.2, 0.25) is 0 Å².